The van der Waals surface area contributed by atoms with Crippen LogP contribution in [0.2, 0.25) is 0 Å². The molecule has 0 fully saturated rings. The van der Waals surface area contributed by atoms with Crippen LogP contribution in [0.4, 0.5) is 0 Å². The Labute approximate surface area is 69.6 Å². The molecular formula is C8H8B2O. The zero-order valence-electron chi connectivity index (χ0n) is 6.50. The molecule has 0 spiro atoms. The van der Waals surface area contributed by atoms with Crippen molar-refractivity contribution in [1.82, 2.24) is 0 Å². The van der Waals surface area contributed by atoms with Crippen LogP contribution in [0.3, 0.4) is 0 Å². The fourth-order valence-electron chi connectivity index (χ4n) is 0.911. The Kier molecular flexibility index (Phi) is 2.64. The van der Waals surface area contributed by atoms with Crippen molar-refractivity contribution in [1.29, 1.82) is 0 Å². The second kappa shape index (κ2) is 3.51. The van der Waals surface area contributed by atoms with Gasteiger partial charge in [0.15, 0.2) is 0 Å². The zero-order chi connectivity index (χ0) is 8.27. The topological polar surface area (TPSA) is 9.23 Å². The summed E-state index contributed by atoms with van der Waals surface area (Å²) in [5.41, 5.74) is 1.65. The van der Waals surface area contributed by atoms with Gasteiger partial charge in [0.25, 0.3) is 0 Å². The quantitative estimate of drug-likeness (QED) is 0.534. The van der Waals surface area contributed by atoms with Crippen LogP contribution < -0.4 is 10.2 Å². The van der Waals surface area contributed by atoms with Gasteiger partial charge in [0.1, 0.15) is 13.6 Å². The predicted molar refractivity (Wildman–Crippen MR) is 47.8 cm³/mol. The maximum absolute atomic E-state index is 5.63. The van der Waals surface area contributed by atoms with Gasteiger partial charge in [0, 0.05) is 0 Å². The molecule has 1 nitrogen and oxygen atoms in total. The first kappa shape index (κ1) is 8.25. The molecule has 1 rings (SSSR count). The molecule has 0 heterocycles. The third-order valence-corrected chi connectivity index (χ3v) is 1.53. The van der Waals surface area contributed by atoms with E-state index in [1.165, 1.54) is 0 Å². The minimum Gasteiger partial charge on any atom is -0.497 e. The van der Waals surface area contributed by atoms with E-state index in [0.29, 0.717) is 17.5 Å². The van der Waals surface area contributed by atoms with E-state index in [1.807, 2.05) is 18.2 Å². The average molecular weight is 142 g/mol. The first-order valence-electron chi connectivity index (χ1n) is 3.40. The summed E-state index contributed by atoms with van der Waals surface area (Å²) in [4.78, 5) is 0. The van der Waals surface area contributed by atoms with E-state index < -0.39 is 0 Å². The molecule has 0 aliphatic carbocycles. The number of methoxy groups -OCH3 is 1. The highest BCUT2D eigenvalue weighted by Crippen LogP contribution is 2.07. The Balaban J connectivity index is 2.99. The lowest BCUT2D eigenvalue weighted by Crippen LogP contribution is -2.07. The van der Waals surface area contributed by atoms with Crippen molar-refractivity contribution in [2.75, 3.05) is 7.11 Å². The van der Waals surface area contributed by atoms with Crippen LogP contribution in [0.1, 0.15) is 5.56 Å². The third-order valence-electron chi connectivity index (χ3n) is 1.53. The van der Waals surface area contributed by atoms with Crippen molar-refractivity contribution in [2.24, 2.45) is 0 Å². The summed E-state index contributed by atoms with van der Waals surface area (Å²) in [6.45, 7) is 0. The van der Waals surface area contributed by atoms with Crippen LogP contribution in [0.5, 0.6) is 5.75 Å². The lowest BCUT2D eigenvalue weighted by Gasteiger charge is -2.05. The van der Waals surface area contributed by atoms with E-state index in [-0.39, 0.29) is 0 Å². The monoisotopic (exact) mass is 142 g/mol. The Morgan fingerprint density at radius 2 is 2.18 bits per heavy atom. The van der Waals surface area contributed by atoms with E-state index in [9.17, 15) is 0 Å². The standard InChI is InChI=1S/C8H8B2O/c1-11-8-3-2-6(5-9)4-7(8)10/h2-4H,5H2,1H3. The number of hydrogen-bond acceptors (Lipinski definition) is 1. The van der Waals surface area contributed by atoms with Gasteiger partial charge in [-0.05, 0) is 6.07 Å². The van der Waals surface area contributed by atoms with Gasteiger partial charge in [-0.25, -0.2) is 0 Å². The SMILES string of the molecule is [B]Cc1ccc(OC)c([B])c1. The molecule has 11 heavy (non-hydrogen) atoms. The summed E-state index contributed by atoms with van der Waals surface area (Å²) in [5, 5.41) is 0. The molecule has 0 unspecified atom stereocenters. The molecule has 1 aromatic carbocycles. The van der Waals surface area contributed by atoms with Crippen molar-refractivity contribution in [3.8, 4) is 5.75 Å². The van der Waals surface area contributed by atoms with Crippen molar-refractivity contribution in [3.05, 3.63) is 23.8 Å². The van der Waals surface area contributed by atoms with Crippen LogP contribution in [0.15, 0.2) is 18.2 Å². The fourth-order valence-corrected chi connectivity index (χ4v) is 0.911. The molecule has 0 saturated carbocycles. The van der Waals surface area contributed by atoms with E-state index in [4.69, 9.17) is 20.4 Å². The predicted octanol–water partition coefficient (Wildman–Crippen LogP) is 0.157. The highest BCUT2D eigenvalue weighted by atomic mass is 16.5. The lowest BCUT2D eigenvalue weighted by atomic mass is 9.89. The van der Waals surface area contributed by atoms with Gasteiger partial charge in [-0.3, -0.25) is 0 Å². The zero-order valence-corrected chi connectivity index (χ0v) is 6.50. The Bertz CT molecular complexity index is 248. The molecule has 0 atom stereocenters. The van der Waals surface area contributed by atoms with Crippen molar-refractivity contribution < 1.29 is 4.74 Å². The molecule has 4 radical (unpaired) electrons. The molecule has 0 aromatic heterocycles. The van der Waals surface area contributed by atoms with Crippen LogP contribution in [0, 0.1) is 0 Å². The Morgan fingerprint density at radius 1 is 1.45 bits per heavy atom. The summed E-state index contributed by atoms with van der Waals surface area (Å²) >= 11 is 0. The molecular weight excluding hydrogens is 134 g/mol. The molecule has 0 aliphatic heterocycles. The summed E-state index contributed by atoms with van der Waals surface area (Å²) in [5.74, 6) is 0.696. The van der Waals surface area contributed by atoms with Gasteiger partial charge in [-0.15, -0.1) is 0 Å². The lowest BCUT2D eigenvalue weighted by molar-refractivity contribution is 0.418. The number of rotatable bonds is 2. The first-order chi connectivity index (χ1) is 5.27. The highest BCUT2D eigenvalue weighted by molar-refractivity contribution is 6.34. The number of benzene rings is 1. The van der Waals surface area contributed by atoms with Gasteiger partial charge in [-0.1, -0.05) is 29.5 Å². The second-order valence-corrected chi connectivity index (χ2v) is 2.28. The molecule has 0 amide bonds. The van der Waals surface area contributed by atoms with Crippen LogP contribution in [0.25, 0.3) is 0 Å². The maximum atomic E-state index is 5.63. The van der Waals surface area contributed by atoms with Gasteiger partial charge in [0.05, 0.1) is 15.0 Å². The van der Waals surface area contributed by atoms with Gasteiger partial charge < -0.3 is 4.74 Å². The van der Waals surface area contributed by atoms with Gasteiger partial charge in [-0.2, -0.15) is 0 Å². The maximum Gasteiger partial charge on any atom is 0.119 e. The highest BCUT2D eigenvalue weighted by Gasteiger charge is 1.96. The van der Waals surface area contributed by atoms with Crippen molar-refractivity contribution in [3.63, 3.8) is 0 Å². The molecule has 0 aliphatic rings. The third kappa shape index (κ3) is 1.79. The molecule has 1 aromatic rings. The number of ether oxygens (including phenoxy) is 1. The molecule has 0 N–H and O–H groups in total. The van der Waals surface area contributed by atoms with Crippen molar-refractivity contribution in [2.45, 2.75) is 6.32 Å². The first-order valence-corrected chi connectivity index (χ1v) is 3.40. The van der Waals surface area contributed by atoms with E-state index in [2.05, 4.69) is 0 Å². The van der Waals surface area contributed by atoms with E-state index in [1.54, 1.807) is 7.11 Å². The van der Waals surface area contributed by atoms with E-state index >= 15 is 0 Å². The molecule has 0 bridgehead atoms. The minimum absolute atomic E-state index is 0.508. The summed E-state index contributed by atoms with van der Waals surface area (Å²) in [6.07, 6.45) is 0.508. The van der Waals surface area contributed by atoms with Crippen LogP contribution in [-0.4, -0.2) is 22.8 Å². The normalized spacial score (nSPS) is 9.55. The minimum atomic E-state index is 0.508. The largest absolute Gasteiger partial charge is 0.497 e. The second-order valence-electron chi connectivity index (χ2n) is 2.28. The fraction of sp³-hybridized carbons (Fsp3) is 0.250. The number of hydrogen-bond donors (Lipinski definition) is 0. The molecule has 3 heteroatoms. The van der Waals surface area contributed by atoms with Gasteiger partial charge >= 0.3 is 0 Å². The molecule has 0 saturated heterocycles. The average Bonchev–Trinajstić information content (AvgIpc) is 2.04. The van der Waals surface area contributed by atoms with Crippen LogP contribution >= 0.6 is 0 Å². The van der Waals surface area contributed by atoms with Crippen LogP contribution in [-0.2, 0) is 6.32 Å². The van der Waals surface area contributed by atoms with E-state index in [0.717, 1.165) is 5.56 Å². The summed E-state index contributed by atoms with van der Waals surface area (Å²) in [6, 6.07) is 5.53. The molecule has 52 valence electrons. The Morgan fingerprint density at radius 3 is 2.64 bits per heavy atom. The Hall–Kier alpha value is -0.850. The summed E-state index contributed by atoms with van der Waals surface area (Å²) in [7, 11) is 12.6. The van der Waals surface area contributed by atoms with Crippen molar-refractivity contribution >= 4 is 21.2 Å². The summed E-state index contributed by atoms with van der Waals surface area (Å²) < 4.78 is 4.98. The smallest absolute Gasteiger partial charge is 0.119 e. The van der Waals surface area contributed by atoms with Gasteiger partial charge in [0.2, 0.25) is 0 Å².